The van der Waals surface area contributed by atoms with Gasteiger partial charge in [0.2, 0.25) is 0 Å². The van der Waals surface area contributed by atoms with Crippen LogP contribution in [0.5, 0.6) is 0 Å². The van der Waals surface area contributed by atoms with Crippen molar-refractivity contribution in [3.63, 3.8) is 0 Å². The third kappa shape index (κ3) is 4.86. The van der Waals surface area contributed by atoms with Gasteiger partial charge in [0, 0.05) is 25.6 Å². The first-order valence-corrected chi connectivity index (χ1v) is 7.10. The number of amides is 2. The molecule has 0 aromatic rings. The highest BCUT2D eigenvalue weighted by Crippen LogP contribution is 2.09. The lowest BCUT2D eigenvalue weighted by Gasteiger charge is -2.18. The monoisotopic (exact) mass is 339 g/mol. The lowest BCUT2D eigenvalue weighted by atomic mass is 10.1. The molecule has 0 saturated carbocycles. The molecule has 0 aromatic carbocycles. The van der Waals surface area contributed by atoms with Crippen molar-refractivity contribution >= 4 is 30.0 Å². The summed E-state index contributed by atoms with van der Waals surface area (Å²) in [6.07, 6.45) is 0.436. The smallest absolute Gasteiger partial charge is 0.404 e. The standard InChI is InChI=1S/C7H5N3O3.C6H12N2O3/c11-2-5-8-1-4-7(9-5)10-6(12)3-13-4;9-5-3-7-1-4(5)2-8-6(10)11/h1-2H,3H2,(H,8,9,10,12);4-5,7-9H,1-3H2,(H,10,11)/t;4-,5-/m.1/s1. The molecule has 0 radical (unpaired) electrons. The summed E-state index contributed by atoms with van der Waals surface area (Å²) >= 11 is 0. The van der Waals surface area contributed by atoms with E-state index in [1.165, 1.54) is 6.20 Å². The highest BCUT2D eigenvalue weighted by atomic mass is 16.5. The van der Waals surface area contributed by atoms with E-state index >= 15 is 0 Å². The van der Waals surface area contributed by atoms with E-state index in [0.29, 0.717) is 31.7 Å². The van der Waals surface area contributed by atoms with Crippen LogP contribution in [0.3, 0.4) is 0 Å². The van der Waals surface area contributed by atoms with E-state index in [2.05, 4.69) is 25.9 Å². The molecule has 0 aromatic heterocycles. The highest BCUT2D eigenvalue weighted by molar-refractivity contribution is 6.34. The average Bonchev–Trinajstić information content (AvgIpc) is 2.98. The van der Waals surface area contributed by atoms with Gasteiger partial charge in [-0.2, -0.15) is 4.99 Å². The fraction of sp³-hybridized carbons (Fsp3) is 0.462. The number of nitrogens with one attached hydrogen (secondary N) is 3. The fourth-order valence-electron chi connectivity index (χ4n) is 2.10. The minimum Gasteiger partial charge on any atom is -0.478 e. The number of aliphatic hydroxyl groups is 1. The quantitative estimate of drug-likeness (QED) is 0.362. The Kier molecular flexibility index (Phi) is 5.98. The Labute approximate surface area is 136 Å². The maximum absolute atomic E-state index is 10.8. The summed E-state index contributed by atoms with van der Waals surface area (Å²) in [5, 5.41) is 25.2. The third-order valence-electron chi connectivity index (χ3n) is 3.32. The topological polar surface area (TPSA) is 162 Å². The average molecular weight is 339 g/mol. The van der Waals surface area contributed by atoms with E-state index in [1.54, 1.807) is 0 Å². The summed E-state index contributed by atoms with van der Waals surface area (Å²) in [6.45, 7) is 1.49. The zero-order valence-electron chi connectivity index (χ0n) is 12.6. The van der Waals surface area contributed by atoms with Gasteiger partial charge in [-0.3, -0.25) is 9.59 Å². The Bertz CT molecular complexity index is 614. The molecule has 3 aliphatic heterocycles. The van der Waals surface area contributed by atoms with Crippen molar-refractivity contribution < 1.29 is 29.3 Å². The number of aldehydes is 1. The number of hydrogen-bond donors (Lipinski definition) is 5. The minimum atomic E-state index is -1.04. The molecule has 11 nitrogen and oxygen atoms in total. The molecule has 5 N–H and O–H groups in total. The van der Waals surface area contributed by atoms with Gasteiger partial charge in [-0.15, -0.1) is 0 Å². The first-order valence-electron chi connectivity index (χ1n) is 7.10. The van der Waals surface area contributed by atoms with E-state index in [-0.39, 0.29) is 30.1 Å². The molecule has 11 heteroatoms. The SMILES string of the molecule is O=C(O)NC[C@H]1CNC[C@H]1O.O=CC1=NC=C2OCC(=O)N=C2N1. The second-order valence-corrected chi connectivity index (χ2v) is 5.07. The maximum atomic E-state index is 10.8. The molecule has 3 aliphatic rings. The Morgan fingerprint density at radius 1 is 1.50 bits per heavy atom. The zero-order chi connectivity index (χ0) is 17.5. The second kappa shape index (κ2) is 8.17. The molecule has 3 heterocycles. The molecule has 0 aliphatic carbocycles. The van der Waals surface area contributed by atoms with Crippen molar-refractivity contribution in [2.75, 3.05) is 26.2 Å². The van der Waals surface area contributed by atoms with Gasteiger partial charge in [0.15, 0.2) is 30.3 Å². The molecule has 0 spiro atoms. The number of amidine groups is 2. The van der Waals surface area contributed by atoms with Crippen molar-refractivity contribution in [2.45, 2.75) is 6.10 Å². The van der Waals surface area contributed by atoms with Gasteiger partial charge in [-0.05, 0) is 0 Å². The van der Waals surface area contributed by atoms with Crippen LogP contribution in [0, 0.1) is 5.92 Å². The summed E-state index contributed by atoms with van der Waals surface area (Å²) in [5.41, 5.74) is 0. The van der Waals surface area contributed by atoms with Crippen LogP contribution < -0.4 is 16.0 Å². The fourth-order valence-corrected chi connectivity index (χ4v) is 2.10. The van der Waals surface area contributed by atoms with Gasteiger partial charge in [-0.1, -0.05) is 0 Å². The largest absolute Gasteiger partial charge is 0.478 e. The number of nitrogens with zero attached hydrogens (tertiary/aromatic N) is 2. The van der Waals surface area contributed by atoms with Crippen LogP contribution in [0.15, 0.2) is 21.9 Å². The Balaban J connectivity index is 0.000000177. The minimum absolute atomic E-state index is 0.0195. The third-order valence-corrected chi connectivity index (χ3v) is 3.32. The molecule has 2 atom stereocenters. The number of β-amino-alcohol motifs (C(OH)–C–C–N with tert-alkyl or cyclic N) is 1. The maximum Gasteiger partial charge on any atom is 0.404 e. The van der Waals surface area contributed by atoms with E-state index in [0.717, 1.165) is 0 Å². The number of aliphatic hydroxyl groups excluding tert-OH is 1. The van der Waals surface area contributed by atoms with Gasteiger partial charge >= 0.3 is 6.09 Å². The van der Waals surface area contributed by atoms with Crippen LogP contribution >= 0.6 is 0 Å². The Morgan fingerprint density at radius 2 is 2.29 bits per heavy atom. The van der Waals surface area contributed by atoms with Crippen molar-refractivity contribution in [2.24, 2.45) is 15.9 Å². The number of fused-ring (bicyclic) bond motifs is 1. The number of carbonyl (C=O) groups excluding carboxylic acids is 2. The molecule has 0 bridgehead atoms. The molecule has 130 valence electrons. The molecule has 1 saturated heterocycles. The number of aliphatic imine (C=N–C) groups is 2. The molecule has 1 fully saturated rings. The Hall–Kier alpha value is -2.79. The normalized spacial score (nSPS) is 24.7. The van der Waals surface area contributed by atoms with Crippen LogP contribution in [-0.4, -0.2) is 72.5 Å². The van der Waals surface area contributed by atoms with E-state index in [1.807, 2.05) is 0 Å². The second-order valence-electron chi connectivity index (χ2n) is 5.07. The van der Waals surface area contributed by atoms with Crippen molar-refractivity contribution in [3.05, 3.63) is 12.0 Å². The predicted molar refractivity (Wildman–Crippen MR) is 81.5 cm³/mol. The van der Waals surface area contributed by atoms with Crippen LogP contribution in [-0.2, 0) is 14.3 Å². The van der Waals surface area contributed by atoms with E-state index in [4.69, 9.17) is 9.84 Å². The van der Waals surface area contributed by atoms with Gasteiger partial charge in [0.1, 0.15) is 0 Å². The summed E-state index contributed by atoms with van der Waals surface area (Å²) in [4.78, 5) is 38.5. The summed E-state index contributed by atoms with van der Waals surface area (Å²) in [6, 6.07) is 0. The predicted octanol–water partition coefficient (Wildman–Crippen LogP) is -2.18. The van der Waals surface area contributed by atoms with Crippen molar-refractivity contribution in [1.82, 2.24) is 16.0 Å². The van der Waals surface area contributed by atoms with Crippen molar-refractivity contribution in [1.29, 1.82) is 0 Å². The van der Waals surface area contributed by atoms with Crippen LogP contribution in [0.4, 0.5) is 4.79 Å². The van der Waals surface area contributed by atoms with Gasteiger partial charge in [-0.25, -0.2) is 9.79 Å². The summed E-state index contributed by atoms with van der Waals surface area (Å²) < 4.78 is 4.98. The first kappa shape index (κ1) is 17.6. The van der Waals surface area contributed by atoms with Gasteiger partial charge in [0.25, 0.3) is 5.91 Å². The lowest BCUT2D eigenvalue weighted by molar-refractivity contribution is -0.121. The highest BCUT2D eigenvalue weighted by Gasteiger charge is 2.24. The number of carbonyl (C=O) groups is 3. The van der Waals surface area contributed by atoms with Gasteiger partial charge in [0.05, 0.1) is 12.3 Å². The zero-order valence-corrected chi connectivity index (χ0v) is 12.6. The van der Waals surface area contributed by atoms with Crippen molar-refractivity contribution in [3.8, 4) is 0 Å². The molecule has 24 heavy (non-hydrogen) atoms. The molecular formula is C13H17N5O6. The van der Waals surface area contributed by atoms with E-state index < -0.39 is 12.2 Å². The molecular weight excluding hydrogens is 322 g/mol. The van der Waals surface area contributed by atoms with Gasteiger partial charge < -0.3 is 30.9 Å². The first-order chi connectivity index (χ1) is 11.5. The van der Waals surface area contributed by atoms with Crippen LogP contribution in [0.2, 0.25) is 0 Å². The van der Waals surface area contributed by atoms with E-state index in [9.17, 15) is 19.5 Å². The molecule has 3 rings (SSSR count). The Morgan fingerprint density at radius 3 is 2.92 bits per heavy atom. The summed E-state index contributed by atoms with van der Waals surface area (Å²) in [5.74, 6) is 0.372. The number of rotatable bonds is 3. The summed E-state index contributed by atoms with van der Waals surface area (Å²) in [7, 11) is 0. The number of hydrogen-bond acceptors (Lipinski definition) is 8. The lowest BCUT2D eigenvalue weighted by Crippen LogP contribution is -2.39. The molecule has 2 amide bonds. The van der Waals surface area contributed by atoms with Crippen LogP contribution in [0.25, 0.3) is 0 Å². The molecule has 0 unspecified atom stereocenters. The number of ether oxygens (including phenoxy) is 1. The van der Waals surface area contributed by atoms with Crippen LogP contribution in [0.1, 0.15) is 0 Å². The number of carboxylic acid groups (broad SMARTS) is 1.